The molecule has 3 heteroatoms. The van der Waals surface area contributed by atoms with Crippen molar-refractivity contribution in [2.75, 3.05) is 0 Å². The Balaban J connectivity index is 2.56. The summed E-state index contributed by atoms with van der Waals surface area (Å²) in [6.45, 7) is 2.65. The molecule has 0 amide bonds. The van der Waals surface area contributed by atoms with E-state index in [1.54, 1.807) is 11.3 Å². The maximum atomic E-state index is 6.12. The standard InChI is InChI=1S/C12H12ClNS/c1-8-2-3-9(7-14)6-10(8)12-11(13)4-5-15-12/h2-6H,7,14H2,1H3. The highest BCUT2D eigenvalue weighted by molar-refractivity contribution is 7.14. The molecule has 2 N–H and O–H groups in total. The first-order valence-corrected chi connectivity index (χ1v) is 6.01. The Labute approximate surface area is 98.5 Å². The number of aryl methyl sites for hydroxylation is 1. The van der Waals surface area contributed by atoms with Crippen molar-refractivity contribution >= 4 is 22.9 Å². The van der Waals surface area contributed by atoms with Crippen molar-refractivity contribution in [3.63, 3.8) is 0 Å². The second-order valence-electron chi connectivity index (χ2n) is 3.45. The van der Waals surface area contributed by atoms with Gasteiger partial charge in [0, 0.05) is 6.54 Å². The quantitative estimate of drug-likeness (QED) is 0.844. The molecule has 0 radical (unpaired) electrons. The van der Waals surface area contributed by atoms with E-state index in [2.05, 4.69) is 25.1 Å². The molecule has 0 fully saturated rings. The fourth-order valence-corrected chi connectivity index (χ4v) is 2.77. The molecular weight excluding hydrogens is 226 g/mol. The highest BCUT2D eigenvalue weighted by Crippen LogP contribution is 2.35. The smallest absolute Gasteiger partial charge is 0.0592 e. The van der Waals surface area contributed by atoms with Crippen LogP contribution in [0.4, 0.5) is 0 Å². The molecule has 0 bridgehead atoms. The summed E-state index contributed by atoms with van der Waals surface area (Å²) in [7, 11) is 0. The van der Waals surface area contributed by atoms with Crippen LogP contribution in [0.2, 0.25) is 5.02 Å². The second kappa shape index (κ2) is 4.35. The topological polar surface area (TPSA) is 26.0 Å². The molecule has 78 valence electrons. The summed E-state index contributed by atoms with van der Waals surface area (Å²) in [6.07, 6.45) is 0. The number of nitrogens with two attached hydrogens (primary N) is 1. The minimum absolute atomic E-state index is 0.566. The van der Waals surface area contributed by atoms with E-state index < -0.39 is 0 Å². The number of hydrogen-bond donors (Lipinski definition) is 1. The van der Waals surface area contributed by atoms with Crippen LogP contribution in [0, 0.1) is 6.92 Å². The maximum absolute atomic E-state index is 6.12. The Morgan fingerprint density at radius 2 is 2.13 bits per heavy atom. The monoisotopic (exact) mass is 237 g/mol. The van der Waals surface area contributed by atoms with Crippen molar-refractivity contribution in [2.24, 2.45) is 5.73 Å². The third kappa shape index (κ3) is 2.07. The largest absolute Gasteiger partial charge is 0.326 e. The summed E-state index contributed by atoms with van der Waals surface area (Å²) in [6, 6.07) is 8.19. The fourth-order valence-electron chi connectivity index (χ4n) is 1.53. The molecule has 0 saturated heterocycles. The van der Waals surface area contributed by atoms with Crippen LogP contribution in [0.3, 0.4) is 0 Å². The van der Waals surface area contributed by atoms with Gasteiger partial charge >= 0.3 is 0 Å². The van der Waals surface area contributed by atoms with Gasteiger partial charge in [-0.2, -0.15) is 0 Å². The fraction of sp³-hybridized carbons (Fsp3) is 0.167. The van der Waals surface area contributed by atoms with Gasteiger partial charge in [-0.15, -0.1) is 11.3 Å². The molecule has 0 spiro atoms. The van der Waals surface area contributed by atoms with Gasteiger partial charge in [-0.3, -0.25) is 0 Å². The zero-order valence-electron chi connectivity index (χ0n) is 8.46. The average Bonchev–Trinajstić information content (AvgIpc) is 2.65. The van der Waals surface area contributed by atoms with Crippen LogP contribution in [0.1, 0.15) is 11.1 Å². The molecule has 1 heterocycles. The number of hydrogen-bond acceptors (Lipinski definition) is 2. The van der Waals surface area contributed by atoms with Crippen molar-refractivity contribution < 1.29 is 0 Å². The minimum atomic E-state index is 0.566. The number of rotatable bonds is 2. The highest BCUT2D eigenvalue weighted by atomic mass is 35.5. The molecule has 0 aliphatic rings. The Morgan fingerprint density at radius 1 is 1.33 bits per heavy atom. The van der Waals surface area contributed by atoms with Crippen LogP contribution < -0.4 is 5.73 Å². The number of benzene rings is 1. The van der Waals surface area contributed by atoms with Gasteiger partial charge in [0.1, 0.15) is 0 Å². The molecule has 0 aliphatic carbocycles. The number of halogens is 1. The van der Waals surface area contributed by atoms with E-state index in [9.17, 15) is 0 Å². The molecule has 0 atom stereocenters. The van der Waals surface area contributed by atoms with Crippen LogP contribution in [-0.2, 0) is 6.54 Å². The zero-order valence-corrected chi connectivity index (χ0v) is 10.0. The van der Waals surface area contributed by atoms with E-state index >= 15 is 0 Å². The first kappa shape index (κ1) is 10.7. The van der Waals surface area contributed by atoms with Gasteiger partial charge in [-0.05, 0) is 41.1 Å². The SMILES string of the molecule is Cc1ccc(CN)cc1-c1sccc1Cl. The third-order valence-corrected chi connectivity index (χ3v) is 3.77. The molecule has 2 aromatic rings. The molecule has 2 rings (SSSR count). The molecule has 0 saturated carbocycles. The maximum Gasteiger partial charge on any atom is 0.0592 e. The van der Waals surface area contributed by atoms with Gasteiger partial charge < -0.3 is 5.73 Å². The van der Waals surface area contributed by atoms with E-state index in [1.807, 2.05) is 11.4 Å². The lowest BCUT2D eigenvalue weighted by atomic mass is 10.0. The van der Waals surface area contributed by atoms with Crippen LogP contribution in [-0.4, -0.2) is 0 Å². The molecular formula is C12H12ClNS. The van der Waals surface area contributed by atoms with Gasteiger partial charge in [-0.1, -0.05) is 23.7 Å². The first-order valence-electron chi connectivity index (χ1n) is 4.75. The lowest BCUT2D eigenvalue weighted by molar-refractivity contribution is 1.07. The molecule has 1 nitrogen and oxygen atoms in total. The van der Waals surface area contributed by atoms with E-state index in [1.165, 1.54) is 11.1 Å². The summed E-state index contributed by atoms with van der Waals surface area (Å²) >= 11 is 7.78. The third-order valence-electron chi connectivity index (χ3n) is 2.40. The van der Waals surface area contributed by atoms with Crippen molar-refractivity contribution in [1.82, 2.24) is 0 Å². The van der Waals surface area contributed by atoms with Gasteiger partial charge in [0.2, 0.25) is 0 Å². The van der Waals surface area contributed by atoms with Gasteiger partial charge in [0.25, 0.3) is 0 Å². The molecule has 0 unspecified atom stereocenters. The molecule has 1 aromatic carbocycles. The Morgan fingerprint density at radius 3 is 2.73 bits per heavy atom. The molecule has 0 aliphatic heterocycles. The predicted octanol–water partition coefficient (Wildman–Crippen LogP) is 3.84. The van der Waals surface area contributed by atoms with Crippen molar-refractivity contribution in [2.45, 2.75) is 13.5 Å². The normalized spacial score (nSPS) is 10.6. The zero-order chi connectivity index (χ0) is 10.8. The number of thiophene rings is 1. The van der Waals surface area contributed by atoms with Crippen LogP contribution in [0.15, 0.2) is 29.6 Å². The highest BCUT2D eigenvalue weighted by Gasteiger charge is 2.08. The second-order valence-corrected chi connectivity index (χ2v) is 4.77. The summed E-state index contributed by atoms with van der Waals surface area (Å²) < 4.78 is 0. The summed E-state index contributed by atoms with van der Waals surface area (Å²) in [4.78, 5) is 1.13. The van der Waals surface area contributed by atoms with Crippen molar-refractivity contribution in [1.29, 1.82) is 0 Å². The van der Waals surface area contributed by atoms with Crippen LogP contribution >= 0.6 is 22.9 Å². The molecule has 1 aromatic heterocycles. The predicted molar refractivity (Wildman–Crippen MR) is 67.4 cm³/mol. The van der Waals surface area contributed by atoms with Crippen molar-refractivity contribution in [3.05, 3.63) is 45.8 Å². The van der Waals surface area contributed by atoms with Crippen LogP contribution in [0.5, 0.6) is 0 Å². The average molecular weight is 238 g/mol. The Hall–Kier alpha value is -0.830. The van der Waals surface area contributed by atoms with E-state index in [0.717, 1.165) is 15.5 Å². The Bertz CT molecular complexity index is 476. The van der Waals surface area contributed by atoms with Gasteiger partial charge in [0.05, 0.1) is 9.90 Å². The van der Waals surface area contributed by atoms with E-state index in [0.29, 0.717) is 6.54 Å². The molecule has 15 heavy (non-hydrogen) atoms. The van der Waals surface area contributed by atoms with E-state index in [-0.39, 0.29) is 0 Å². The van der Waals surface area contributed by atoms with Crippen LogP contribution in [0.25, 0.3) is 10.4 Å². The lowest BCUT2D eigenvalue weighted by Crippen LogP contribution is -1.96. The van der Waals surface area contributed by atoms with E-state index in [4.69, 9.17) is 17.3 Å². The Kier molecular flexibility index (Phi) is 3.10. The van der Waals surface area contributed by atoms with Crippen molar-refractivity contribution in [3.8, 4) is 10.4 Å². The summed E-state index contributed by atoms with van der Waals surface area (Å²) in [5.41, 5.74) is 9.20. The lowest BCUT2D eigenvalue weighted by Gasteiger charge is -2.06. The minimum Gasteiger partial charge on any atom is -0.326 e. The van der Waals surface area contributed by atoms with Gasteiger partial charge in [0.15, 0.2) is 0 Å². The summed E-state index contributed by atoms with van der Waals surface area (Å²) in [5.74, 6) is 0. The first-order chi connectivity index (χ1) is 7.22. The summed E-state index contributed by atoms with van der Waals surface area (Å²) in [5, 5.41) is 2.82. The van der Waals surface area contributed by atoms with Gasteiger partial charge in [-0.25, -0.2) is 0 Å².